The molecule has 100 valence electrons. The number of benzene rings is 2. The maximum absolute atomic E-state index is 14.0. The van der Waals surface area contributed by atoms with Gasteiger partial charge in [0, 0.05) is 16.3 Å². The van der Waals surface area contributed by atoms with Crippen LogP contribution in [-0.4, -0.2) is 7.05 Å². The summed E-state index contributed by atoms with van der Waals surface area (Å²) in [4.78, 5) is 1.74. The molecule has 3 heteroatoms. The first-order valence-electron chi connectivity index (χ1n) is 6.28. The third-order valence-electron chi connectivity index (χ3n) is 3.08. The van der Waals surface area contributed by atoms with E-state index in [2.05, 4.69) is 31.3 Å². The van der Waals surface area contributed by atoms with E-state index in [4.69, 9.17) is 0 Å². The second-order valence-corrected chi connectivity index (χ2v) is 5.76. The van der Waals surface area contributed by atoms with E-state index in [1.54, 1.807) is 6.07 Å². The van der Waals surface area contributed by atoms with Crippen LogP contribution in [0.15, 0.2) is 46.2 Å². The molecule has 0 heterocycles. The monoisotopic (exact) mass is 275 g/mol. The fraction of sp³-hybridized carbons (Fsp3) is 0.250. The predicted octanol–water partition coefficient (Wildman–Crippen LogP) is 4.31. The summed E-state index contributed by atoms with van der Waals surface area (Å²) in [5.41, 5.74) is 3.45. The van der Waals surface area contributed by atoms with Gasteiger partial charge in [-0.1, -0.05) is 23.9 Å². The molecule has 0 bridgehead atoms. The summed E-state index contributed by atoms with van der Waals surface area (Å²) in [6.07, 6.45) is 0. The van der Waals surface area contributed by atoms with Gasteiger partial charge in [0.05, 0.1) is 0 Å². The molecule has 0 saturated heterocycles. The molecular formula is C16H18FNS. The van der Waals surface area contributed by atoms with E-state index in [0.717, 1.165) is 10.5 Å². The maximum Gasteiger partial charge on any atom is 0.137 e. The van der Waals surface area contributed by atoms with Gasteiger partial charge < -0.3 is 5.32 Å². The minimum absolute atomic E-state index is 0.157. The number of hydrogen-bond donors (Lipinski definition) is 1. The van der Waals surface area contributed by atoms with Gasteiger partial charge in [-0.2, -0.15) is 0 Å². The number of nitrogens with one attached hydrogen (secondary N) is 1. The molecular weight excluding hydrogens is 257 g/mol. The van der Waals surface area contributed by atoms with Gasteiger partial charge in [0.15, 0.2) is 0 Å². The molecule has 1 N–H and O–H groups in total. The standard InChI is InChI=1S/C16H18FNS/c1-11-4-6-14(8-12(11)2)19-16-7-5-13(10-18-3)9-15(16)17/h4-9,18H,10H2,1-3H3. The zero-order chi connectivity index (χ0) is 13.8. The van der Waals surface area contributed by atoms with Gasteiger partial charge in [0.2, 0.25) is 0 Å². The normalized spacial score (nSPS) is 10.7. The van der Waals surface area contributed by atoms with Crippen LogP contribution in [0.1, 0.15) is 16.7 Å². The third-order valence-corrected chi connectivity index (χ3v) is 4.12. The van der Waals surface area contributed by atoms with Crippen LogP contribution >= 0.6 is 11.8 Å². The molecule has 0 amide bonds. The van der Waals surface area contributed by atoms with Gasteiger partial charge in [0.1, 0.15) is 5.82 Å². The molecule has 0 spiro atoms. The average molecular weight is 275 g/mol. The lowest BCUT2D eigenvalue weighted by Crippen LogP contribution is -2.05. The van der Waals surface area contributed by atoms with Crippen molar-refractivity contribution in [3.63, 3.8) is 0 Å². The number of aryl methyl sites for hydroxylation is 2. The van der Waals surface area contributed by atoms with Crippen LogP contribution in [0.2, 0.25) is 0 Å². The maximum atomic E-state index is 14.0. The van der Waals surface area contributed by atoms with Crippen LogP contribution in [0.3, 0.4) is 0 Å². The molecule has 0 fully saturated rings. The summed E-state index contributed by atoms with van der Waals surface area (Å²) in [6, 6.07) is 11.6. The first kappa shape index (κ1) is 14.1. The van der Waals surface area contributed by atoms with Crippen molar-refractivity contribution in [1.82, 2.24) is 5.32 Å². The van der Waals surface area contributed by atoms with Crippen LogP contribution < -0.4 is 5.32 Å². The van der Waals surface area contributed by atoms with Crippen molar-refractivity contribution in [1.29, 1.82) is 0 Å². The van der Waals surface area contributed by atoms with E-state index >= 15 is 0 Å². The molecule has 0 radical (unpaired) electrons. The Morgan fingerprint density at radius 2 is 1.84 bits per heavy atom. The van der Waals surface area contributed by atoms with Gasteiger partial charge in [-0.3, -0.25) is 0 Å². The Balaban J connectivity index is 2.20. The molecule has 0 aromatic heterocycles. The SMILES string of the molecule is CNCc1ccc(Sc2ccc(C)c(C)c2)c(F)c1. The molecule has 2 rings (SSSR count). The summed E-state index contributed by atoms with van der Waals surface area (Å²) in [5, 5.41) is 3.02. The lowest BCUT2D eigenvalue weighted by atomic mass is 10.1. The van der Waals surface area contributed by atoms with Crippen LogP contribution in [-0.2, 0) is 6.54 Å². The predicted molar refractivity (Wildman–Crippen MR) is 79.2 cm³/mol. The topological polar surface area (TPSA) is 12.0 Å². The molecule has 1 nitrogen and oxygen atoms in total. The minimum Gasteiger partial charge on any atom is -0.316 e. The average Bonchev–Trinajstić information content (AvgIpc) is 2.37. The first-order chi connectivity index (χ1) is 9.10. The van der Waals surface area contributed by atoms with Crippen molar-refractivity contribution in [2.24, 2.45) is 0 Å². The number of halogens is 1. The highest BCUT2D eigenvalue weighted by Gasteiger charge is 2.06. The van der Waals surface area contributed by atoms with Crippen LogP contribution in [0, 0.1) is 19.7 Å². The van der Waals surface area contributed by atoms with Crippen LogP contribution in [0.5, 0.6) is 0 Å². The van der Waals surface area contributed by atoms with Gasteiger partial charge >= 0.3 is 0 Å². The Morgan fingerprint density at radius 3 is 2.47 bits per heavy atom. The minimum atomic E-state index is -0.157. The molecule has 0 saturated carbocycles. The van der Waals surface area contributed by atoms with Gasteiger partial charge in [-0.15, -0.1) is 0 Å². The molecule has 0 aliphatic heterocycles. The van der Waals surface area contributed by atoms with Gasteiger partial charge in [-0.05, 0) is 61.9 Å². The van der Waals surface area contributed by atoms with E-state index < -0.39 is 0 Å². The highest BCUT2D eigenvalue weighted by Crippen LogP contribution is 2.31. The van der Waals surface area contributed by atoms with Crippen molar-refractivity contribution in [3.05, 3.63) is 58.9 Å². The van der Waals surface area contributed by atoms with Crippen molar-refractivity contribution in [3.8, 4) is 0 Å². The molecule has 0 aliphatic rings. The van der Waals surface area contributed by atoms with E-state index in [0.29, 0.717) is 11.4 Å². The van der Waals surface area contributed by atoms with Crippen LogP contribution in [0.25, 0.3) is 0 Å². The molecule has 19 heavy (non-hydrogen) atoms. The van der Waals surface area contributed by atoms with E-state index in [-0.39, 0.29) is 5.82 Å². The van der Waals surface area contributed by atoms with Gasteiger partial charge in [-0.25, -0.2) is 4.39 Å². The Hall–Kier alpha value is -1.32. The second-order valence-electron chi connectivity index (χ2n) is 4.64. The van der Waals surface area contributed by atoms with Crippen LogP contribution in [0.4, 0.5) is 4.39 Å². The molecule has 0 aliphatic carbocycles. The Bertz CT molecular complexity index is 581. The summed E-state index contributed by atoms with van der Waals surface area (Å²) in [5.74, 6) is -0.157. The largest absolute Gasteiger partial charge is 0.316 e. The fourth-order valence-electron chi connectivity index (χ4n) is 1.85. The smallest absolute Gasteiger partial charge is 0.137 e. The number of hydrogen-bond acceptors (Lipinski definition) is 2. The third kappa shape index (κ3) is 3.58. The van der Waals surface area contributed by atoms with Gasteiger partial charge in [0.25, 0.3) is 0 Å². The quantitative estimate of drug-likeness (QED) is 0.892. The van der Waals surface area contributed by atoms with E-state index in [1.165, 1.54) is 22.9 Å². The lowest BCUT2D eigenvalue weighted by Gasteiger charge is -2.07. The summed E-state index contributed by atoms with van der Waals surface area (Å²) in [6.45, 7) is 4.84. The summed E-state index contributed by atoms with van der Waals surface area (Å²) < 4.78 is 14.0. The van der Waals surface area contributed by atoms with Crippen molar-refractivity contribution >= 4 is 11.8 Å². The molecule has 0 atom stereocenters. The lowest BCUT2D eigenvalue weighted by molar-refractivity contribution is 0.598. The zero-order valence-corrected chi connectivity index (χ0v) is 12.3. The Morgan fingerprint density at radius 1 is 1.05 bits per heavy atom. The molecule has 2 aromatic rings. The second kappa shape index (κ2) is 6.22. The Labute approximate surface area is 118 Å². The fourth-order valence-corrected chi connectivity index (χ4v) is 2.76. The highest BCUT2D eigenvalue weighted by atomic mass is 32.2. The molecule has 0 unspecified atom stereocenters. The summed E-state index contributed by atoms with van der Waals surface area (Å²) in [7, 11) is 1.86. The summed E-state index contributed by atoms with van der Waals surface area (Å²) >= 11 is 1.47. The van der Waals surface area contributed by atoms with E-state index in [9.17, 15) is 4.39 Å². The van der Waals surface area contributed by atoms with E-state index in [1.807, 2.05) is 25.2 Å². The van der Waals surface area contributed by atoms with Crippen molar-refractivity contribution < 1.29 is 4.39 Å². The Kier molecular flexibility index (Phi) is 4.61. The molecule has 2 aromatic carbocycles. The number of rotatable bonds is 4. The van der Waals surface area contributed by atoms with Crippen molar-refractivity contribution in [2.75, 3.05) is 7.05 Å². The first-order valence-corrected chi connectivity index (χ1v) is 7.10. The highest BCUT2D eigenvalue weighted by molar-refractivity contribution is 7.99. The zero-order valence-electron chi connectivity index (χ0n) is 11.5. The van der Waals surface area contributed by atoms with Crippen molar-refractivity contribution in [2.45, 2.75) is 30.2 Å².